The second kappa shape index (κ2) is 15.3. The summed E-state index contributed by atoms with van der Waals surface area (Å²) in [6, 6.07) is 35.5. The van der Waals surface area contributed by atoms with Gasteiger partial charge in [0.1, 0.15) is 11.2 Å². The zero-order valence-electron chi connectivity index (χ0n) is 25.9. The molecule has 3 amide bonds. The molecule has 49 heavy (non-hydrogen) atoms. The van der Waals surface area contributed by atoms with Crippen LogP contribution in [0.1, 0.15) is 22.8 Å². The van der Waals surface area contributed by atoms with Gasteiger partial charge in [0.05, 0.1) is 15.3 Å². The predicted octanol–water partition coefficient (Wildman–Crippen LogP) is 9.33. The zero-order chi connectivity index (χ0) is 34.3. The van der Waals surface area contributed by atoms with Crippen molar-refractivity contribution in [2.24, 2.45) is 0 Å². The van der Waals surface area contributed by atoms with E-state index in [9.17, 15) is 14.4 Å². The number of hydrogen-bond acceptors (Lipinski definition) is 6. The Balaban J connectivity index is 1.11. The highest BCUT2D eigenvalue weighted by Crippen LogP contribution is 2.30. The number of nitrogens with one attached hydrogen (secondary N) is 3. The van der Waals surface area contributed by atoms with E-state index in [0.717, 1.165) is 16.0 Å². The number of benzene rings is 5. The Kier molecular flexibility index (Phi) is 10.4. The second-order valence-electron chi connectivity index (χ2n) is 10.8. The summed E-state index contributed by atoms with van der Waals surface area (Å²) in [6.07, 6.45) is 1.47. The monoisotopic (exact) mass is 706 g/mol. The van der Waals surface area contributed by atoms with E-state index in [1.54, 1.807) is 85.8 Å². The first-order valence-corrected chi connectivity index (χ1v) is 16.7. The molecule has 1 aromatic heterocycles. The number of aromatic nitrogens is 1. The smallest absolute Gasteiger partial charge is 0.272 e. The molecule has 1 unspecified atom stereocenters. The maximum Gasteiger partial charge on any atom is 0.272 e. The summed E-state index contributed by atoms with van der Waals surface area (Å²) < 4.78 is 5.84. The summed E-state index contributed by atoms with van der Waals surface area (Å²) in [7, 11) is 0. The molecule has 0 saturated carbocycles. The lowest BCUT2D eigenvalue weighted by Gasteiger charge is -2.14. The average molecular weight is 708 g/mol. The first-order chi connectivity index (χ1) is 23.7. The van der Waals surface area contributed by atoms with Gasteiger partial charge in [0.15, 0.2) is 5.58 Å². The summed E-state index contributed by atoms with van der Waals surface area (Å²) in [6.45, 7) is 1.80. The van der Waals surface area contributed by atoms with Crippen molar-refractivity contribution in [3.63, 3.8) is 0 Å². The molecule has 0 radical (unpaired) electrons. The van der Waals surface area contributed by atoms with Crippen LogP contribution in [0, 0.1) is 0 Å². The first kappa shape index (κ1) is 33.5. The van der Waals surface area contributed by atoms with Gasteiger partial charge in [-0.2, -0.15) is 0 Å². The van der Waals surface area contributed by atoms with Crippen molar-refractivity contribution in [1.29, 1.82) is 0 Å². The maximum absolute atomic E-state index is 13.5. The molecule has 8 nitrogen and oxygen atoms in total. The van der Waals surface area contributed by atoms with Crippen LogP contribution < -0.4 is 16.0 Å². The van der Waals surface area contributed by atoms with Crippen molar-refractivity contribution in [1.82, 2.24) is 10.3 Å². The van der Waals surface area contributed by atoms with E-state index in [-0.39, 0.29) is 16.6 Å². The first-order valence-electron chi connectivity index (χ1n) is 15.1. The molecule has 0 fully saturated rings. The van der Waals surface area contributed by atoms with Gasteiger partial charge in [0.25, 0.3) is 11.8 Å². The number of halogens is 2. The van der Waals surface area contributed by atoms with Crippen molar-refractivity contribution in [3.05, 3.63) is 148 Å². The van der Waals surface area contributed by atoms with Crippen LogP contribution in [0.5, 0.6) is 0 Å². The van der Waals surface area contributed by atoms with Crippen molar-refractivity contribution in [3.8, 4) is 11.5 Å². The van der Waals surface area contributed by atoms with Crippen LogP contribution in [0.4, 0.5) is 11.4 Å². The number of oxazole rings is 1. The van der Waals surface area contributed by atoms with Gasteiger partial charge < -0.3 is 20.4 Å². The summed E-state index contributed by atoms with van der Waals surface area (Å²) in [5.41, 5.74) is 4.18. The van der Waals surface area contributed by atoms with E-state index in [4.69, 9.17) is 27.6 Å². The van der Waals surface area contributed by atoms with Crippen LogP contribution in [0.3, 0.4) is 0 Å². The van der Waals surface area contributed by atoms with E-state index < -0.39 is 17.1 Å². The molecule has 5 aromatic carbocycles. The Hall–Kier alpha value is -5.35. The number of carbonyl (C=O) groups is 3. The largest absolute Gasteiger partial charge is 0.436 e. The zero-order valence-corrected chi connectivity index (χ0v) is 28.3. The number of fused-ring (bicyclic) bond motifs is 1. The molecule has 0 aliphatic rings. The summed E-state index contributed by atoms with van der Waals surface area (Å²) >= 11 is 13.9. The number of nitrogens with zero attached hydrogens (tertiary/aromatic N) is 1. The molecule has 0 saturated heterocycles. The molecule has 0 bridgehead atoms. The Morgan fingerprint density at radius 1 is 0.796 bits per heavy atom. The fourth-order valence-corrected chi connectivity index (χ4v) is 6.06. The molecule has 244 valence electrons. The van der Waals surface area contributed by atoms with Crippen LogP contribution in [-0.4, -0.2) is 28.0 Å². The van der Waals surface area contributed by atoms with Gasteiger partial charge in [0.2, 0.25) is 11.8 Å². The lowest BCUT2D eigenvalue weighted by Crippen LogP contribution is -2.30. The molecule has 6 aromatic rings. The highest BCUT2D eigenvalue weighted by atomic mass is 35.5. The third kappa shape index (κ3) is 8.39. The molecule has 0 spiro atoms. The minimum atomic E-state index is -0.574. The Morgan fingerprint density at radius 3 is 2.31 bits per heavy atom. The van der Waals surface area contributed by atoms with E-state index in [1.807, 2.05) is 42.5 Å². The second-order valence-corrected chi connectivity index (χ2v) is 13.0. The minimum absolute atomic E-state index is 0.0362. The number of hydrogen-bond donors (Lipinski definition) is 3. The summed E-state index contributed by atoms with van der Waals surface area (Å²) in [5, 5.41) is 8.56. The SMILES string of the molecule is CC(Sc1cccc(NC(=O)/C(=C\c2cccc(Cl)c2Cl)NC(=O)c2ccccc2)c1)C(=O)Nc1ccc(-c2nc3ccccc3o2)cc1. The third-order valence-corrected chi connectivity index (χ3v) is 9.20. The van der Waals surface area contributed by atoms with Crippen molar-refractivity contribution in [2.75, 3.05) is 10.6 Å². The highest BCUT2D eigenvalue weighted by molar-refractivity contribution is 8.00. The molecule has 0 aliphatic heterocycles. The minimum Gasteiger partial charge on any atom is -0.436 e. The lowest BCUT2D eigenvalue weighted by molar-refractivity contribution is -0.115. The van der Waals surface area contributed by atoms with Crippen LogP contribution in [-0.2, 0) is 9.59 Å². The molecule has 3 N–H and O–H groups in total. The highest BCUT2D eigenvalue weighted by Gasteiger charge is 2.18. The van der Waals surface area contributed by atoms with E-state index in [1.165, 1.54) is 17.8 Å². The molecule has 11 heteroatoms. The van der Waals surface area contributed by atoms with E-state index in [0.29, 0.717) is 39.0 Å². The molecule has 1 atom stereocenters. The Labute approximate surface area is 296 Å². The fraction of sp³-hybridized carbons (Fsp3) is 0.0526. The van der Waals surface area contributed by atoms with E-state index >= 15 is 0 Å². The standard InChI is InChI=1S/C38H28Cl2N4O4S/c1-23(35(45)41-27-19-17-25(18-20-27)38-44-31-15-5-6-16-33(31)48-38)49-29-13-8-12-28(22-29)42-37(47)32(21-26-11-7-14-30(39)34(26)40)43-36(46)24-9-3-2-4-10-24/h2-23H,1H3,(H,41,45)(H,42,47)(H,43,46)/b32-21+. The summed E-state index contributed by atoms with van der Waals surface area (Å²) in [4.78, 5) is 44.9. The van der Waals surface area contributed by atoms with Gasteiger partial charge in [-0.15, -0.1) is 11.8 Å². The van der Waals surface area contributed by atoms with E-state index in [2.05, 4.69) is 20.9 Å². The van der Waals surface area contributed by atoms with Gasteiger partial charge in [-0.3, -0.25) is 14.4 Å². The topological polar surface area (TPSA) is 113 Å². The maximum atomic E-state index is 13.5. The Morgan fingerprint density at radius 2 is 1.53 bits per heavy atom. The fourth-order valence-electron chi connectivity index (χ4n) is 4.77. The molecule has 1 heterocycles. The van der Waals surface area contributed by atoms with Crippen LogP contribution in [0.2, 0.25) is 10.0 Å². The number of amides is 3. The van der Waals surface area contributed by atoms with Crippen molar-refractivity contribution < 1.29 is 18.8 Å². The van der Waals surface area contributed by atoms with Crippen LogP contribution in [0.15, 0.2) is 136 Å². The molecule has 0 aliphatic carbocycles. The normalized spacial score (nSPS) is 11.9. The molecule has 6 rings (SSSR count). The Bertz CT molecular complexity index is 2150. The number of rotatable bonds is 10. The van der Waals surface area contributed by atoms with Gasteiger partial charge in [-0.1, -0.05) is 71.7 Å². The number of carbonyl (C=O) groups excluding carboxylic acids is 3. The van der Waals surface area contributed by atoms with Crippen LogP contribution >= 0.6 is 35.0 Å². The number of anilines is 2. The van der Waals surface area contributed by atoms with Gasteiger partial charge >= 0.3 is 0 Å². The van der Waals surface area contributed by atoms with Gasteiger partial charge in [-0.05, 0) is 91.4 Å². The summed E-state index contributed by atoms with van der Waals surface area (Å²) in [5.74, 6) is -0.731. The molecular formula is C38H28Cl2N4O4S. The number of para-hydroxylation sites is 2. The van der Waals surface area contributed by atoms with Crippen molar-refractivity contribution in [2.45, 2.75) is 17.1 Å². The third-order valence-electron chi connectivity index (χ3n) is 7.28. The molecular weight excluding hydrogens is 679 g/mol. The van der Waals surface area contributed by atoms with Crippen molar-refractivity contribution >= 4 is 81.2 Å². The predicted molar refractivity (Wildman–Crippen MR) is 197 cm³/mol. The van der Waals surface area contributed by atoms with Gasteiger partial charge in [-0.25, -0.2) is 4.98 Å². The van der Waals surface area contributed by atoms with Crippen LogP contribution in [0.25, 0.3) is 28.6 Å². The number of thioether (sulfide) groups is 1. The lowest BCUT2D eigenvalue weighted by atomic mass is 10.1. The quantitative estimate of drug-likeness (QED) is 0.0967. The van der Waals surface area contributed by atoms with Gasteiger partial charge in [0, 0.05) is 27.4 Å². The average Bonchev–Trinajstić information content (AvgIpc) is 3.55.